The van der Waals surface area contributed by atoms with Gasteiger partial charge in [0.2, 0.25) is 0 Å². The minimum atomic E-state index is -0.610. The molecule has 1 aromatic heterocycles. The summed E-state index contributed by atoms with van der Waals surface area (Å²) in [6, 6.07) is 12.5. The second kappa shape index (κ2) is 11.2. The van der Waals surface area contributed by atoms with E-state index in [1.54, 1.807) is 13.8 Å². The number of hydrazone groups is 2. The van der Waals surface area contributed by atoms with E-state index in [-0.39, 0.29) is 22.5 Å². The maximum Gasteiger partial charge on any atom is 0.273 e. The van der Waals surface area contributed by atoms with E-state index in [9.17, 15) is 29.8 Å². The van der Waals surface area contributed by atoms with E-state index in [1.165, 1.54) is 67.0 Å². The molecule has 0 unspecified atom stereocenters. The first-order valence-corrected chi connectivity index (χ1v) is 10.3. The molecule has 13 nitrogen and oxygen atoms in total. The van der Waals surface area contributed by atoms with Gasteiger partial charge in [0.1, 0.15) is 0 Å². The Hall–Kier alpha value is -5.33. The van der Waals surface area contributed by atoms with Crippen molar-refractivity contribution in [1.29, 1.82) is 0 Å². The first kappa shape index (κ1) is 25.3. The van der Waals surface area contributed by atoms with Crippen molar-refractivity contribution in [2.24, 2.45) is 10.2 Å². The van der Waals surface area contributed by atoms with Crippen molar-refractivity contribution in [3.8, 4) is 0 Å². The SMILES string of the molecule is Cc1nc(C)c(C(=O)N/N=C/c2ccc([N+](=O)[O-])cc2)cc1C(=O)N/N=C/c1ccc([N+](=O)[O-])cc1. The van der Waals surface area contributed by atoms with Gasteiger partial charge in [-0.25, -0.2) is 10.9 Å². The lowest BCUT2D eigenvalue weighted by atomic mass is 10.1. The van der Waals surface area contributed by atoms with Gasteiger partial charge in [0, 0.05) is 24.3 Å². The molecule has 0 saturated heterocycles. The Labute approximate surface area is 203 Å². The van der Waals surface area contributed by atoms with Crippen LogP contribution in [-0.2, 0) is 0 Å². The van der Waals surface area contributed by atoms with Crippen LogP contribution in [0.15, 0.2) is 64.8 Å². The fraction of sp³-hybridized carbons (Fsp3) is 0.0870. The molecule has 0 bridgehead atoms. The standard InChI is InChI=1S/C23H19N7O6/c1-14-20(22(31)27-24-12-16-3-7-18(8-4-16)29(33)34)11-21(15(2)26-14)23(32)28-25-13-17-5-9-19(10-6-17)30(35)36/h3-13H,1-2H3,(H,27,31)(H,28,32)/b24-12+,25-13+. The fourth-order valence-electron chi connectivity index (χ4n) is 3.00. The quantitative estimate of drug-likeness (QED) is 0.277. The molecule has 0 aliphatic carbocycles. The van der Waals surface area contributed by atoms with Gasteiger partial charge in [-0.05, 0) is 55.3 Å². The molecular weight excluding hydrogens is 470 g/mol. The van der Waals surface area contributed by atoms with Crippen LogP contribution in [0.1, 0.15) is 43.2 Å². The number of nitrogens with one attached hydrogen (secondary N) is 2. The van der Waals surface area contributed by atoms with Crippen LogP contribution in [0.5, 0.6) is 0 Å². The second-order valence-electron chi connectivity index (χ2n) is 7.35. The van der Waals surface area contributed by atoms with Crippen LogP contribution in [0.3, 0.4) is 0 Å². The molecule has 0 atom stereocenters. The summed E-state index contributed by atoms with van der Waals surface area (Å²) in [5.41, 5.74) is 6.59. The molecular formula is C23H19N7O6. The van der Waals surface area contributed by atoms with Crippen molar-refractivity contribution in [2.45, 2.75) is 13.8 Å². The fourth-order valence-corrected chi connectivity index (χ4v) is 3.00. The number of aromatic nitrogens is 1. The van der Waals surface area contributed by atoms with Gasteiger partial charge in [-0.2, -0.15) is 10.2 Å². The van der Waals surface area contributed by atoms with Crippen LogP contribution in [0.25, 0.3) is 0 Å². The van der Waals surface area contributed by atoms with E-state index in [4.69, 9.17) is 0 Å². The number of hydrogen-bond acceptors (Lipinski definition) is 9. The van der Waals surface area contributed by atoms with E-state index >= 15 is 0 Å². The Morgan fingerprint density at radius 1 is 0.750 bits per heavy atom. The number of carbonyl (C=O) groups is 2. The lowest BCUT2D eigenvalue weighted by Gasteiger charge is -2.09. The van der Waals surface area contributed by atoms with E-state index in [0.717, 1.165) is 0 Å². The molecule has 2 N–H and O–H groups in total. The predicted molar refractivity (Wildman–Crippen MR) is 130 cm³/mol. The molecule has 0 fully saturated rings. The van der Waals surface area contributed by atoms with Crippen LogP contribution in [0, 0.1) is 34.1 Å². The van der Waals surface area contributed by atoms with Crippen molar-refractivity contribution in [3.05, 3.63) is 108 Å². The molecule has 3 aromatic rings. The summed E-state index contributed by atoms with van der Waals surface area (Å²) in [6.07, 6.45) is 2.64. The third-order valence-electron chi connectivity index (χ3n) is 4.86. The molecule has 0 saturated carbocycles. The van der Waals surface area contributed by atoms with E-state index in [1.807, 2.05) is 0 Å². The number of amides is 2. The van der Waals surface area contributed by atoms with Crippen molar-refractivity contribution >= 4 is 35.6 Å². The highest BCUT2D eigenvalue weighted by Gasteiger charge is 2.17. The molecule has 36 heavy (non-hydrogen) atoms. The first-order chi connectivity index (χ1) is 17.2. The first-order valence-electron chi connectivity index (χ1n) is 10.3. The van der Waals surface area contributed by atoms with Gasteiger partial charge in [0.05, 0.1) is 44.8 Å². The average Bonchev–Trinajstić information content (AvgIpc) is 2.84. The van der Waals surface area contributed by atoms with Crippen molar-refractivity contribution in [2.75, 3.05) is 0 Å². The zero-order valence-electron chi connectivity index (χ0n) is 19.0. The van der Waals surface area contributed by atoms with Crippen molar-refractivity contribution in [1.82, 2.24) is 15.8 Å². The van der Waals surface area contributed by atoms with E-state index < -0.39 is 21.7 Å². The zero-order chi connectivity index (χ0) is 26.2. The maximum atomic E-state index is 12.6. The minimum Gasteiger partial charge on any atom is -0.267 e. The number of pyridine rings is 1. The third kappa shape index (κ3) is 6.38. The second-order valence-corrected chi connectivity index (χ2v) is 7.35. The molecule has 0 radical (unpaired) electrons. The summed E-state index contributed by atoms with van der Waals surface area (Å²) in [5, 5.41) is 29.1. The Balaban J connectivity index is 1.67. The minimum absolute atomic E-state index is 0.0691. The van der Waals surface area contributed by atoms with Crippen LogP contribution < -0.4 is 10.9 Å². The van der Waals surface area contributed by atoms with Crippen LogP contribution in [0.2, 0.25) is 0 Å². The highest BCUT2D eigenvalue weighted by molar-refractivity contribution is 6.01. The van der Waals surface area contributed by atoms with Gasteiger partial charge < -0.3 is 0 Å². The Bertz CT molecular complexity index is 1280. The van der Waals surface area contributed by atoms with Gasteiger partial charge >= 0.3 is 0 Å². The topological polar surface area (TPSA) is 182 Å². The van der Waals surface area contributed by atoms with Gasteiger partial charge in [0.25, 0.3) is 23.2 Å². The highest BCUT2D eigenvalue weighted by atomic mass is 16.6. The van der Waals surface area contributed by atoms with Gasteiger partial charge in [-0.3, -0.25) is 34.8 Å². The number of non-ortho nitro benzene ring substituents is 2. The lowest BCUT2D eigenvalue weighted by molar-refractivity contribution is -0.385. The largest absolute Gasteiger partial charge is 0.273 e. The van der Waals surface area contributed by atoms with Crippen molar-refractivity contribution in [3.63, 3.8) is 0 Å². The Morgan fingerprint density at radius 3 is 1.44 bits per heavy atom. The molecule has 1 heterocycles. The number of benzene rings is 2. The maximum absolute atomic E-state index is 12.6. The summed E-state index contributed by atoms with van der Waals surface area (Å²) in [5.74, 6) is -1.22. The monoisotopic (exact) mass is 489 g/mol. The smallest absolute Gasteiger partial charge is 0.267 e. The molecule has 13 heteroatoms. The summed E-state index contributed by atoms with van der Waals surface area (Å²) in [4.78, 5) is 49.8. The van der Waals surface area contributed by atoms with E-state index in [0.29, 0.717) is 22.5 Å². The summed E-state index contributed by atoms with van der Waals surface area (Å²) in [6.45, 7) is 3.22. The van der Waals surface area contributed by atoms with Crippen LogP contribution >= 0.6 is 0 Å². The van der Waals surface area contributed by atoms with Crippen molar-refractivity contribution < 1.29 is 19.4 Å². The molecule has 2 aromatic carbocycles. The Morgan fingerprint density at radius 2 is 1.11 bits per heavy atom. The predicted octanol–water partition coefficient (Wildman–Crippen LogP) is 3.04. The molecule has 0 aliphatic heterocycles. The molecule has 0 aliphatic rings. The molecule has 2 amide bonds. The summed E-state index contributed by atoms with van der Waals surface area (Å²) in [7, 11) is 0. The van der Waals surface area contributed by atoms with Crippen LogP contribution in [0.4, 0.5) is 11.4 Å². The number of nitro groups is 2. The van der Waals surface area contributed by atoms with Gasteiger partial charge in [-0.1, -0.05) is 0 Å². The normalized spacial score (nSPS) is 10.9. The lowest BCUT2D eigenvalue weighted by Crippen LogP contribution is -2.23. The zero-order valence-corrected chi connectivity index (χ0v) is 19.0. The average molecular weight is 489 g/mol. The Kier molecular flexibility index (Phi) is 7.87. The summed E-state index contributed by atoms with van der Waals surface area (Å²) >= 11 is 0. The van der Waals surface area contributed by atoms with Gasteiger partial charge in [0.15, 0.2) is 0 Å². The number of aryl methyl sites for hydroxylation is 2. The number of carbonyl (C=O) groups excluding carboxylic acids is 2. The molecule has 3 rings (SSSR count). The van der Waals surface area contributed by atoms with Crippen LogP contribution in [-0.4, -0.2) is 39.1 Å². The number of rotatable bonds is 8. The highest BCUT2D eigenvalue weighted by Crippen LogP contribution is 2.14. The number of nitrogens with zero attached hydrogens (tertiary/aromatic N) is 5. The molecule has 182 valence electrons. The molecule has 0 spiro atoms. The number of nitro benzene ring substituents is 2. The third-order valence-corrected chi connectivity index (χ3v) is 4.86. The van der Waals surface area contributed by atoms with E-state index in [2.05, 4.69) is 26.0 Å². The van der Waals surface area contributed by atoms with Gasteiger partial charge in [-0.15, -0.1) is 0 Å². The number of hydrogen-bond donors (Lipinski definition) is 2. The summed E-state index contributed by atoms with van der Waals surface area (Å²) < 4.78 is 0.